The van der Waals surface area contributed by atoms with E-state index in [1.54, 1.807) is 0 Å². The predicted octanol–water partition coefficient (Wildman–Crippen LogP) is 3.14. The Morgan fingerprint density at radius 3 is 2.81 bits per heavy atom. The molecule has 0 bridgehead atoms. The first-order valence-corrected chi connectivity index (χ1v) is 5.94. The average molecular weight is 284 g/mol. The van der Waals surface area contributed by atoms with Crippen molar-refractivity contribution in [3.05, 3.63) is 23.0 Å². The molecule has 2 aromatic heterocycles. The van der Waals surface area contributed by atoms with Gasteiger partial charge in [0.1, 0.15) is 0 Å². The van der Waals surface area contributed by atoms with Gasteiger partial charge in [-0.05, 0) is 34.0 Å². The number of halogens is 1. The summed E-state index contributed by atoms with van der Waals surface area (Å²) in [4.78, 5) is 0. The van der Waals surface area contributed by atoms with Crippen molar-refractivity contribution in [2.75, 3.05) is 5.73 Å². The summed E-state index contributed by atoms with van der Waals surface area (Å²) >= 11 is 3.26. The summed E-state index contributed by atoms with van der Waals surface area (Å²) in [5, 5.41) is 4.41. The van der Waals surface area contributed by atoms with Crippen molar-refractivity contribution < 1.29 is 4.42 Å². The second-order valence-electron chi connectivity index (χ2n) is 4.15. The van der Waals surface area contributed by atoms with Crippen LogP contribution in [0.15, 0.2) is 27.4 Å². The summed E-state index contributed by atoms with van der Waals surface area (Å²) in [6.07, 6.45) is 1.84. The van der Waals surface area contributed by atoms with Gasteiger partial charge in [-0.15, -0.1) is 0 Å². The lowest BCUT2D eigenvalue weighted by Crippen LogP contribution is -2.04. The monoisotopic (exact) mass is 283 g/mol. The molecule has 0 amide bonds. The second-order valence-corrected chi connectivity index (χ2v) is 4.93. The highest BCUT2D eigenvalue weighted by molar-refractivity contribution is 9.10. The maximum Gasteiger partial charge on any atom is 0.169 e. The smallest absolute Gasteiger partial charge is 0.169 e. The van der Waals surface area contributed by atoms with Crippen LogP contribution in [0.3, 0.4) is 0 Å². The van der Waals surface area contributed by atoms with Gasteiger partial charge >= 0.3 is 0 Å². The number of hydrogen-bond donors (Lipinski definition) is 1. The van der Waals surface area contributed by atoms with Crippen molar-refractivity contribution >= 4 is 21.6 Å². The fourth-order valence-corrected chi connectivity index (χ4v) is 1.84. The van der Waals surface area contributed by atoms with E-state index in [9.17, 15) is 0 Å². The Labute approximate surface area is 103 Å². The standard InChI is InChI=1S/C11H14BrN3O/c1-7(2)5-15-6-8(13)11(14-15)9-3-4-10(12)16-9/h3-4,6-7H,5,13H2,1-2H3. The number of nitrogens with zero attached hydrogens (tertiary/aromatic N) is 2. The number of anilines is 1. The van der Waals surface area contributed by atoms with E-state index in [2.05, 4.69) is 34.9 Å². The summed E-state index contributed by atoms with van der Waals surface area (Å²) in [6.45, 7) is 5.13. The molecule has 2 rings (SSSR count). The minimum Gasteiger partial charge on any atom is -0.448 e. The van der Waals surface area contributed by atoms with Crippen LogP contribution in [0.5, 0.6) is 0 Å². The molecule has 0 fully saturated rings. The maximum atomic E-state index is 5.90. The SMILES string of the molecule is CC(C)Cn1cc(N)c(-c2ccc(Br)o2)n1. The van der Waals surface area contributed by atoms with Gasteiger partial charge in [0, 0.05) is 12.7 Å². The van der Waals surface area contributed by atoms with Gasteiger partial charge in [0.05, 0.1) is 5.69 Å². The highest BCUT2D eigenvalue weighted by atomic mass is 79.9. The van der Waals surface area contributed by atoms with Gasteiger partial charge in [0.25, 0.3) is 0 Å². The third-order valence-corrected chi connectivity index (χ3v) is 2.57. The fourth-order valence-electron chi connectivity index (χ4n) is 1.54. The molecule has 16 heavy (non-hydrogen) atoms. The van der Waals surface area contributed by atoms with E-state index in [1.807, 2.05) is 23.0 Å². The molecule has 2 aromatic rings. The average Bonchev–Trinajstić information content (AvgIpc) is 2.72. The summed E-state index contributed by atoms with van der Waals surface area (Å²) in [5.41, 5.74) is 7.24. The molecule has 0 atom stereocenters. The van der Waals surface area contributed by atoms with Gasteiger partial charge in [0.2, 0.25) is 0 Å². The quantitative estimate of drug-likeness (QED) is 0.942. The van der Waals surface area contributed by atoms with Crippen molar-refractivity contribution in [3.8, 4) is 11.5 Å². The molecule has 0 aromatic carbocycles. The molecule has 0 unspecified atom stereocenters. The molecule has 0 aliphatic carbocycles. The van der Waals surface area contributed by atoms with E-state index in [1.165, 1.54) is 0 Å². The van der Waals surface area contributed by atoms with Crippen molar-refractivity contribution in [1.29, 1.82) is 0 Å². The first-order valence-electron chi connectivity index (χ1n) is 5.15. The van der Waals surface area contributed by atoms with Crippen LogP contribution in [-0.4, -0.2) is 9.78 Å². The zero-order chi connectivity index (χ0) is 11.7. The van der Waals surface area contributed by atoms with Gasteiger partial charge in [-0.1, -0.05) is 13.8 Å². The van der Waals surface area contributed by atoms with Gasteiger partial charge < -0.3 is 10.2 Å². The predicted molar refractivity (Wildman–Crippen MR) is 66.9 cm³/mol. The van der Waals surface area contributed by atoms with Crippen molar-refractivity contribution in [2.24, 2.45) is 5.92 Å². The molecular weight excluding hydrogens is 270 g/mol. The zero-order valence-electron chi connectivity index (χ0n) is 9.27. The fraction of sp³-hybridized carbons (Fsp3) is 0.364. The van der Waals surface area contributed by atoms with Crippen LogP contribution < -0.4 is 5.73 Å². The second kappa shape index (κ2) is 4.33. The first kappa shape index (κ1) is 11.3. The number of nitrogen functional groups attached to an aromatic ring is 1. The number of hydrogen-bond acceptors (Lipinski definition) is 3. The Bertz CT molecular complexity index is 487. The van der Waals surface area contributed by atoms with E-state index in [0.717, 1.165) is 6.54 Å². The van der Waals surface area contributed by atoms with Gasteiger partial charge in [-0.25, -0.2) is 0 Å². The summed E-state index contributed by atoms with van der Waals surface area (Å²) < 4.78 is 7.96. The normalized spacial score (nSPS) is 11.2. The molecule has 0 spiro atoms. The lowest BCUT2D eigenvalue weighted by atomic mass is 10.2. The minimum absolute atomic E-state index is 0.537. The number of furan rings is 1. The molecule has 4 nitrogen and oxygen atoms in total. The molecule has 86 valence electrons. The largest absolute Gasteiger partial charge is 0.448 e. The lowest BCUT2D eigenvalue weighted by Gasteiger charge is -2.03. The molecular formula is C11H14BrN3O. The molecule has 5 heteroatoms. The van der Waals surface area contributed by atoms with Gasteiger partial charge in [-0.2, -0.15) is 5.10 Å². The Hall–Kier alpha value is -1.23. The Balaban J connectivity index is 2.31. The number of nitrogens with two attached hydrogens (primary N) is 1. The van der Waals surface area contributed by atoms with Crippen molar-refractivity contribution in [3.63, 3.8) is 0 Å². The molecule has 0 radical (unpaired) electrons. The molecule has 2 heterocycles. The van der Waals surface area contributed by atoms with Gasteiger partial charge in [-0.3, -0.25) is 4.68 Å². The number of aromatic nitrogens is 2. The van der Waals surface area contributed by atoms with E-state index in [0.29, 0.717) is 27.7 Å². The van der Waals surface area contributed by atoms with E-state index >= 15 is 0 Å². The molecule has 0 aliphatic rings. The Morgan fingerprint density at radius 2 is 2.25 bits per heavy atom. The summed E-state index contributed by atoms with van der Waals surface area (Å²) in [6, 6.07) is 3.68. The summed E-state index contributed by atoms with van der Waals surface area (Å²) in [7, 11) is 0. The van der Waals surface area contributed by atoms with Crippen LogP contribution in [0, 0.1) is 5.92 Å². The zero-order valence-corrected chi connectivity index (χ0v) is 10.9. The minimum atomic E-state index is 0.537. The van der Waals surface area contributed by atoms with Crippen LogP contribution >= 0.6 is 15.9 Å². The van der Waals surface area contributed by atoms with E-state index < -0.39 is 0 Å². The van der Waals surface area contributed by atoms with Crippen molar-refractivity contribution in [1.82, 2.24) is 9.78 Å². The van der Waals surface area contributed by atoms with Crippen LogP contribution in [0.1, 0.15) is 13.8 Å². The molecule has 0 saturated heterocycles. The highest BCUT2D eigenvalue weighted by Gasteiger charge is 2.12. The van der Waals surface area contributed by atoms with Crippen LogP contribution in [-0.2, 0) is 6.54 Å². The van der Waals surface area contributed by atoms with E-state index in [-0.39, 0.29) is 0 Å². The molecule has 0 aliphatic heterocycles. The van der Waals surface area contributed by atoms with Crippen LogP contribution in [0.25, 0.3) is 11.5 Å². The lowest BCUT2D eigenvalue weighted by molar-refractivity contribution is 0.481. The maximum absolute atomic E-state index is 5.90. The van der Waals surface area contributed by atoms with Crippen LogP contribution in [0.2, 0.25) is 0 Å². The van der Waals surface area contributed by atoms with E-state index in [4.69, 9.17) is 10.2 Å². The van der Waals surface area contributed by atoms with Gasteiger partial charge in [0.15, 0.2) is 16.1 Å². The molecule has 2 N–H and O–H groups in total. The highest BCUT2D eigenvalue weighted by Crippen LogP contribution is 2.28. The first-order chi connectivity index (χ1) is 7.56. The summed E-state index contributed by atoms with van der Waals surface area (Å²) in [5.74, 6) is 1.22. The third kappa shape index (κ3) is 2.29. The Morgan fingerprint density at radius 1 is 1.50 bits per heavy atom. The third-order valence-electron chi connectivity index (χ3n) is 2.15. The molecule has 0 saturated carbocycles. The van der Waals surface area contributed by atoms with Crippen molar-refractivity contribution in [2.45, 2.75) is 20.4 Å². The topological polar surface area (TPSA) is 57.0 Å². The number of rotatable bonds is 3. The Kier molecular flexibility index (Phi) is 3.05. The van der Waals surface area contributed by atoms with Crippen LogP contribution in [0.4, 0.5) is 5.69 Å².